The molecule has 0 bridgehead atoms. The number of aliphatic carboxylic acids is 1. The van der Waals surface area contributed by atoms with Crippen LogP contribution in [0, 0.1) is 6.92 Å². The number of aryl methyl sites for hydroxylation is 2. The Labute approximate surface area is 155 Å². The summed E-state index contributed by atoms with van der Waals surface area (Å²) in [7, 11) is 0. The summed E-state index contributed by atoms with van der Waals surface area (Å²) in [5.41, 5.74) is 4.40. The summed E-state index contributed by atoms with van der Waals surface area (Å²) in [5.74, 6) is -0.733. The summed E-state index contributed by atoms with van der Waals surface area (Å²) in [6.07, 6.45) is 3.24. The van der Waals surface area contributed by atoms with Crippen molar-refractivity contribution in [1.82, 2.24) is 0 Å². The zero-order valence-corrected chi connectivity index (χ0v) is 15.3. The summed E-state index contributed by atoms with van der Waals surface area (Å²) >= 11 is 0. The second-order valence-corrected chi connectivity index (χ2v) is 7.16. The van der Waals surface area contributed by atoms with Crippen LogP contribution in [0.3, 0.4) is 0 Å². The van der Waals surface area contributed by atoms with Gasteiger partial charge in [-0.2, -0.15) is 0 Å². The zero-order valence-electron chi connectivity index (χ0n) is 15.3. The van der Waals surface area contributed by atoms with Crippen molar-refractivity contribution in [3.05, 3.63) is 65.2 Å². The lowest BCUT2D eigenvalue weighted by Crippen LogP contribution is -2.31. The van der Waals surface area contributed by atoms with Gasteiger partial charge in [0, 0.05) is 18.3 Å². The van der Waals surface area contributed by atoms with Crippen LogP contribution in [0.25, 0.3) is 0 Å². The Hall–Kier alpha value is -2.33. The number of rotatable bonds is 7. The molecule has 2 unspecified atom stereocenters. The lowest BCUT2D eigenvalue weighted by Gasteiger charge is -2.26. The lowest BCUT2D eigenvalue weighted by atomic mass is 9.98. The molecule has 1 saturated heterocycles. The molecule has 0 radical (unpaired) electrons. The molecule has 0 amide bonds. The van der Waals surface area contributed by atoms with E-state index in [0.29, 0.717) is 6.42 Å². The summed E-state index contributed by atoms with van der Waals surface area (Å²) in [6.45, 7) is 2.94. The monoisotopic (exact) mass is 353 g/mol. The van der Waals surface area contributed by atoms with Gasteiger partial charge in [0.2, 0.25) is 0 Å². The van der Waals surface area contributed by atoms with Crippen molar-refractivity contribution in [2.45, 2.75) is 51.2 Å². The fraction of sp³-hybridized carbons (Fsp3) is 0.409. The molecule has 0 aromatic heterocycles. The van der Waals surface area contributed by atoms with Crippen LogP contribution in [0.4, 0.5) is 5.69 Å². The largest absolute Gasteiger partial charge is 0.481 e. The molecule has 2 aromatic carbocycles. The zero-order chi connectivity index (χ0) is 18.5. The van der Waals surface area contributed by atoms with E-state index in [0.717, 1.165) is 42.6 Å². The van der Waals surface area contributed by atoms with E-state index in [9.17, 15) is 9.90 Å². The maximum atomic E-state index is 11.0. The van der Waals surface area contributed by atoms with Gasteiger partial charge in [0.25, 0.3) is 0 Å². The number of nitrogens with zero attached hydrogens (tertiary/aromatic N) is 1. The van der Waals surface area contributed by atoms with Gasteiger partial charge in [-0.1, -0.05) is 36.4 Å². The number of aliphatic hydroxyl groups is 1. The maximum absolute atomic E-state index is 11.0. The molecule has 0 spiro atoms. The average molecular weight is 353 g/mol. The maximum Gasteiger partial charge on any atom is 0.305 e. The minimum absolute atomic E-state index is 0.0984. The number of hydrogen-bond acceptors (Lipinski definition) is 3. The van der Waals surface area contributed by atoms with Crippen LogP contribution in [0.15, 0.2) is 48.5 Å². The third-order valence-electron chi connectivity index (χ3n) is 5.31. The highest BCUT2D eigenvalue weighted by atomic mass is 16.4. The number of hydrogen-bond donors (Lipinski definition) is 2. The molecule has 0 aliphatic carbocycles. The van der Waals surface area contributed by atoms with Crippen LogP contribution in [0.2, 0.25) is 0 Å². The first kappa shape index (κ1) is 18.5. The Morgan fingerprint density at radius 1 is 1.19 bits per heavy atom. The molecule has 2 aromatic rings. The Bertz CT molecular complexity index is 741. The molecule has 138 valence electrons. The minimum atomic E-state index is -0.733. The minimum Gasteiger partial charge on any atom is -0.481 e. The highest BCUT2D eigenvalue weighted by Crippen LogP contribution is 2.28. The number of carboxylic acids is 1. The lowest BCUT2D eigenvalue weighted by molar-refractivity contribution is -0.137. The summed E-state index contributed by atoms with van der Waals surface area (Å²) < 4.78 is 0. The van der Waals surface area contributed by atoms with Crippen LogP contribution >= 0.6 is 0 Å². The van der Waals surface area contributed by atoms with E-state index in [-0.39, 0.29) is 12.5 Å². The summed E-state index contributed by atoms with van der Waals surface area (Å²) in [5, 5.41) is 19.5. The molecular formula is C22H27NO3. The molecule has 3 rings (SSSR count). The van der Waals surface area contributed by atoms with Crippen molar-refractivity contribution in [2.75, 3.05) is 11.4 Å². The average Bonchev–Trinajstić information content (AvgIpc) is 3.08. The predicted molar refractivity (Wildman–Crippen MR) is 104 cm³/mol. The number of carboxylic acid groups (broad SMARTS) is 1. The van der Waals surface area contributed by atoms with Gasteiger partial charge in [0.05, 0.1) is 12.5 Å². The predicted octanol–water partition coefficient (Wildman–Crippen LogP) is 4.10. The quantitative estimate of drug-likeness (QED) is 0.786. The first-order valence-corrected chi connectivity index (χ1v) is 9.35. The Kier molecular flexibility index (Phi) is 5.94. The van der Waals surface area contributed by atoms with Gasteiger partial charge >= 0.3 is 5.97 Å². The van der Waals surface area contributed by atoms with Crippen molar-refractivity contribution in [1.29, 1.82) is 0 Å². The fourth-order valence-electron chi connectivity index (χ4n) is 3.86. The van der Waals surface area contributed by atoms with E-state index in [1.165, 1.54) is 5.56 Å². The third kappa shape index (κ3) is 4.44. The molecule has 26 heavy (non-hydrogen) atoms. The van der Waals surface area contributed by atoms with Crippen LogP contribution in [-0.4, -0.2) is 28.8 Å². The van der Waals surface area contributed by atoms with E-state index in [1.807, 2.05) is 31.2 Å². The molecule has 1 aliphatic heterocycles. The van der Waals surface area contributed by atoms with Gasteiger partial charge in [-0.15, -0.1) is 0 Å². The second kappa shape index (κ2) is 8.37. The molecule has 1 heterocycles. The van der Waals surface area contributed by atoms with Crippen molar-refractivity contribution in [2.24, 2.45) is 0 Å². The molecule has 2 atom stereocenters. The van der Waals surface area contributed by atoms with Crippen molar-refractivity contribution >= 4 is 11.7 Å². The van der Waals surface area contributed by atoms with E-state index < -0.39 is 12.1 Å². The van der Waals surface area contributed by atoms with E-state index >= 15 is 0 Å². The highest BCUT2D eigenvalue weighted by Gasteiger charge is 2.26. The molecular weight excluding hydrogens is 326 g/mol. The highest BCUT2D eigenvalue weighted by molar-refractivity contribution is 5.69. The van der Waals surface area contributed by atoms with Gasteiger partial charge in [-0.25, -0.2) is 0 Å². The van der Waals surface area contributed by atoms with E-state index in [1.54, 1.807) is 0 Å². The van der Waals surface area contributed by atoms with E-state index in [4.69, 9.17) is 5.11 Å². The SMILES string of the molecule is Cc1ccccc1C(O)CCc1ccc(N2CCCC2CC(=O)O)cc1. The number of anilines is 1. The van der Waals surface area contributed by atoms with E-state index in [2.05, 4.69) is 29.2 Å². The third-order valence-corrected chi connectivity index (χ3v) is 5.31. The molecule has 2 N–H and O–H groups in total. The molecule has 0 saturated carbocycles. The number of benzene rings is 2. The van der Waals surface area contributed by atoms with Crippen molar-refractivity contribution < 1.29 is 15.0 Å². The van der Waals surface area contributed by atoms with Crippen molar-refractivity contribution in [3.63, 3.8) is 0 Å². The Morgan fingerprint density at radius 2 is 1.92 bits per heavy atom. The van der Waals surface area contributed by atoms with Gasteiger partial charge in [0.1, 0.15) is 0 Å². The number of aliphatic hydroxyl groups excluding tert-OH is 1. The molecule has 4 heteroatoms. The normalized spacial score (nSPS) is 18.1. The Morgan fingerprint density at radius 3 is 2.62 bits per heavy atom. The molecule has 1 fully saturated rings. The molecule has 1 aliphatic rings. The second-order valence-electron chi connectivity index (χ2n) is 7.16. The Balaban J connectivity index is 1.59. The van der Waals surface area contributed by atoms with Gasteiger partial charge in [-0.3, -0.25) is 4.79 Å². The van der Waals surface area contributed by atoms with Crippen molar-refractivity contribution in [3.8, 4) is 0 Å². The topological polar surface area (TPSA) is 60.8 Å². The smallest absolute Gasteiger partial charge is 0.305 e. The summed E-state index contributed by atoms with van der Waals surface area (Å²) in [6, 6.07) is 16.4. The van der Waals surface area contributed by atoms with Crippen LogP contribution in [-0.2, 0) is 11.2 Å². The van der Waals surface area contributed by atoms with Gasteiger partial charge in [-0.05, 0) is 61.4 Å². The van der Waals surface area contributed by atoms with Crippen LogP contribution in [0.5, 0.6) is 0 Å². The van der Waals surface area contributed by atoms with Crippen LogP contribution in [0.1, 0.15) is 48.5 Å². The first-order valence-electron chi connectivity index (χ1n) is 9.35. The first-order chi connectivity index (χ1) is 12.5. The summed E-state index contributed by atoms with van der Waals surface area (Å²) in [4.78, 5) is 13.2. The molecule has 4 nitrogen and oxygen atoms in total. The van der Waals surface area contributed by atoms with Gasteiger partial charge in [0.15, 0.2) is 0 Å². The van der Waals surface area contributed by atoms with Crippen LogP contribution < -0.4 is 4.90 Å². The number of carbonyl (C=O) groups is 1. The fourth-order valence-corrected chi connectivity index (χ4v) is 3.86. The van der Waals surface area contributed by atoms with Gasteiger partial charge < -0.3 is 15.1 Å². The standard InChI is InChI=1S/C22H27NO3/c1-16-5-2-3-7-20(16)21(24)13-10-17-8-11-18(12-9-17)23-14-4-6-19(23)15-22(25)26/h2-3,5,7-9,11-12,19,21,24H,4,6,10,13-15H2,1H3,(H,25,26).